The highest BCUT2D eigenvalue weighted by Gasteiger charge is 2.63. The van der Waals surface area contributed by atoms with Crippen LogP contribution in [0.1, 0.15) is 65.7 Å². The van der Waals surface area contributed by atoms with E-state index >= 15 is 0 Å². The first-order chi connectivity index (χ1) is 12.3. The van der Waals surface area contributed by atoms with Crippen LogP contribution >= 0.6 is 0 Å². The molecule has 3 fully saturated rings. The van der Waals surface area contributed by atoms with Crippen LogP contribution in [0.3, 0.4) is 0 Å². The molecule has 4 aliphatic carbocycles. The number of oxime groups is 1. The lowest BCUT2D eigenvalue weighted by molar-refractivity contribution is -0.0980. The molecular weight excluding hydrogens is 322 g/mol. The maximum absolute atomic E-state index is 11.1. The van der Waals surface area contributed by atoms with Crippen LogP contribution in [0, 0.1) is 40.9 Å². The van der Waals surface area contributed by atoms with Gasteiger partial charge in [0.25, 0.3) is 0 Å². The molecule has 1 N–H and O–H groups in total. The van der Waals surface area contributed by atoms with Crippen LogP contribution in [0.25, 0.3) is 0 Å². The fraction of sp³-hybridized carbons (Fsp3) is 0.696. The quantitative estimate of drug-likeness (QED) is 0.439. The fourth-order valence-corrected chi connectivity index (χ4v) is 7.16. The van der Waals surface area contributed by atoms with Gasteiger partial charge in [0.15, 0.2) is 5.76 Å². The molecule has 4 aliphatic rings. The van der Waals surface area contributed by atoms with E-state index in [4.69, 9.17) is 11.3 Å². The average Bonchev–Trinajstić information content (AvgIpc) is 2.88. The minimum Gasteiger partial charge on any atom is -0.377 e. The molecule has 0 aliphatic heterocycles. The molecule has 0 amide bonds. The molecule has 0 saturated heterocycles. The first kappa shape index (κ1) is 17.9. The molecule has 140 valence electrons. The Bertz CT molecular complexity index is 744. The number of terminal acetylenes is 1. The third-order valence-corrected chi connectivity index (χ3v) is 8.65. The molecule has 0 radical (unpaired) electrons. The third-order valence-electron chi connectivity index (χ3n) is 8.65. The first-order valence-electron chi connectivity index (χ1n) is 10.0. The number of hydrogen-bond donors (Lipinski definition) is 1. The van der Waals surface area contributed by atoms with E-state index < -0.39 is 5.60 Å². The Morgan fingerprint density at radius 2 is 2.00 bits per heavy atom. The average molecular weight is 354 g/mol. The van der Waals surface area contributed by atoms with Gasteiger partial charge in [-0.05, 0) is 86.7 Å². The number of nitrogens with zero attached hydrogens (tertiary/aromatic N) is 1. The summed E-state index contributed by atoms with van der Waals surface area (Å²) in [4.78, 5) is 5.41. The van der Waals surface area contributed by atoms with Crippen molar-refractivity contribution >= 4 is 6.72 Å². The zero-order valence-corrected chi connectivity index (χ0v) is 16.3. The normalized spacial score (nSPS) is 47.2. The van der Waals surface area contributed by atoms with Crippen molar-refractivity contribution in [2.45, 2.75) is 71.3 Å². The molecule has 4 rings (SSSR count). The maximum Gasteiger partial charge on any atom is 0.156 e. The van der Waals surface area contributed by atoms with Crippen molar-refractivity contribution in [3.05, 3.63) is 23.0 Å². The molecule has 0 heterocycles. The first-order valence-corrected chi connectivity index (χ1v) is 10.0. The summed E-state index contributed by atoms with van der Waals surface area (Å²) in [5, 5.41) is 14.7. The molecule has 3 nitrogen and oxygen atoms in total. The second-order valence-corrected chi connectivity index (χ2v) is 9.54. The second-order valence-electron chi connectivity index (χ2n) is 9.54. The molecular formula is C23H31NO2. The van der Waals surface area contributed by atoms with E-state index in [1.807, 2.05) is 0 Å². The van der Waals surface area contributed by atoms with E-state index in [9.17, 15) is 5.11 Å². The van der Waals surface area contributed by atoms with Gasteiger partial charge in [-0.15, -0.1) is 6.42 Å². The molecule has 6 atom stereocenters. The molecule has 6 unspecified atom stereocenters. The summed E-state index contributed by atoms with van der Waals surface area (Å²) in [5.74, 6) is 5.51. The van der Waals surface area contributed by atoms with Crippen LogP contribution in [0.4, 0.5) is 0 Å². The van der Waals surface area contributed by atoms with Gasteiger partial charge in [-0.3, -0.25) is 0 Å². The van der Waals surface area contributed by atoms with Crippen LogP contribution in [0.5, 0.6) is 0 Å². The Labute approximate surface area is 157 Å². The lowest BCUT2D eigenvalue weighted by atomic mass is 9.46. The summed E-state index contributed by atoms with van der Waals surface area (Å²) in [6, 6.07) is 0. The predicted molar refractivity (Wildman–Crippen MR) is 104 cm³/mol. The Balaban J connectivity index is 1.67. The van der Waals surface area contributed by atoms with Crippen LogP contribution in [0.2, 0.25) is 0 Å². The lowest BCUT2D eigenvalue weighted by Gasteiger charge is -2.58. The Hall–Kier alpha value is -1.53. The molecule has 0 aromatic carbocycles. The maximum atomic E-state index is 11.1. The molecule has 0 spiro atoms. The SMILES string of the molecule is C#CC1(O)CCC2C3CCC4=CC(ON=C)=C(C)CC4(C)C3CCC21C. The van der Waals surface area contributed by atoms with Crippen molar-refractivity contribution in [3.8, 4) is 12.3 Å². The number of hydrogen-bond acceptors (Lipinski definition) is 3. The summed E-state index contributed by atoms with van der Waals surface area (Å²) < 4.78 is 0. The number of rotatable bonds is 2. The number of fused-ring (bicyclic) bond motifs is 5. The van der Waals surface area contributed by atoms with E-state index in [1.165, 1.54) is 17.6 Å². The van der Waals surface area contributed by atoms with E-state index in [-0.39, 0.29) is 10.8 Å². The topological polar surface area (TPSA) is 41.8 Å². The van der Waals surface area contributed by atoms with Crippen LogP contribution in [-0.2, 0) is 4.84 Å². The van der Waals surface area contributed by atoms with E-state index in [1.54, 1.807) is 0 Å². The number of aliphatic hydroxyl groups is 1. The summed E-state index contributed by atoms with van der Waals surface area (Å²) in [6.45, 7) is 10.3. The lowest BCUT2D eigenvalue weighted by Crippen LogP contribution is -2.54. The zero-order valence-electron chi connectivity index (χ0n) is 16.3. The Kier molecular flexibility index (Phi) is 3.94. The van der Waals surface area contributed by atoms with Gasteiger partial charge in [0, 0.05) is 12.1 Å². The van der Waals surface area contributed by atoms with E-state index in [0.29, 0.717) is 17.8 Å². The van der Waals surface area contributed by atoms with E-state index in [2.05, 4.69) is 44.6 Å². The van der Waals surface area contributed by atoms with Gasteiger partial charge < -0.3 is 9.94 Å². The molecule has 0 aromatic rings. The molecule has 26 heavy (non-hydrogen) atoms. The van der Waals surface area contributed by atoms with Crippen LogP contribution in [-0.4, -0.2) is 17.4 Å². The van der Waals surface area contributed by atoms with Crippen molar-refractivity contribution in [2.24, 2.45) is 33.7 Å². The summed E-state index contributed by atoms with van der Waals surface area (Å²) >= 11 is 0. The van der Waals surface area contributed by atoms with Crippen molar-refractivity contribution in [1.82, 2.24) is 0 Å². The minimum atomic E-state index is -0.918. The van der Waals surface area contributed by atoms with Gasteiger partial charge in [-0.1, -0.05) is 30.5 Å². The standard InChI is InChI=1S/C23H31NO2/c1-6-23(25)12-10-19-17-8-7-16-13-20(26-24-5)15(2)14-21(16,3)18(17)9-11-22(19,23)4/h1,13,17-19,25H,5,7-12,14H2,2-4H3. The van der Waals surface area contributed by atoms with Gasteiger partial charge in [-0.25, -0.2) is 0 Å². The predicted octanol–water partition coefficient (Wildman–Crippen LogP) is 4.83. The molecule has 0 bridgehead atoms. The van der Waals surface area contributed by atoms with Crippen molar-refractivity contribution in [3.63, 3.8) is 0 Å². The van der Waals surface area contributed by atoms with Crippen molar-refractivity contribution in [2.75, 3.05) is 0 Å². The summed E-state index contributed by atoms with van der Waals surface area (Å²) in [5.41, 5.74) is 1.93. The highest BCUT2D eigenvalue weighted by atomic mass is 16.6. The fourth-order valence-electron chi connectivity index (χ4n) is 7.16. The minimum absolute atomic E-state index is 0.124. The van der Waals surface area contributed by atoms with Gasteiger partial charge in [0.05, 0.1) is 0 Å². The summed E-state index contributed by atoms with van der Waals surface area (Å²) in [6.07, 6.45) is 15.4. The molecule has 3 saturated carbocycles. The highest BCUT2D eigenvalue weighted by Crippen LogP contribution is 2.67. The van der Waals surface area contributed by atoms with Crippen molar-refractivity contribution in [1.29, 1.82) is 0 Å². The number of allylic oxidation sites excluding steroid dienone is 3. The van der Waals surface area contributed by atoms with Gasteiger partial charge in [0.1, 0.15) is 5.60 Å². The third kappa shape index (κ3) is 2.15. The van der Waals surface area contributed by atoms with Gasteiger partial charge >= 0.3 is 0 Å². The largest absolute Gasteiger partial charge is 0.377 e. The molecule has 0 aromatic heterocycles. The Morgan fingerprint density at radius 1 is 1.27 bits per heavy atom. The monoisotopic (exact) mass is 353 g/mol. The van der Waals surface area contributed by atoms with Crippen LogP contribution < -0.4 is 0 Å². The van der Waals surface area contributed by atoms with Crippen LogP contribution in [0.15, 0.2) is 28.1 Å². The Morgan fingerprint density at radius 3 is 2.69 bits per heavy atom. The highest BCUT2D eigenvalue weighted by molar-refractivity contribution is 5.37. The van der Waals surface area contributed by atoms with Gasteiger partial charge in [0.2, 0.25) is 0 Å². The smallest absolute Gasteiger partial charge is 0.156 e. The zero-order chi connectivity index (χ0) is 18.7. The molecule has 3 heteroatoms. The van der Waals surface area contributed by atoms with Crippen molar-refractivity contribution < 1.29 is 9.94 Å². The van der Waals surface area contributed by atoms with Gasteiger partial charge in [-0.2, -0.15) is 0 Å². The summed E-state index contributed by atoms with van der Waals surface area (Å²) in [7, 11) is 0. The van der Waals surface area contributed by atoms with E-state index in [0.717, 1.165) is 44.3 Å². The second kappa shape index (κ2) is 5.73.